The third-order valence-corrected chi connectivity index (χ3v) is 4.39. The molecule has 8 nitrogen and oxygen atoms in total. The third-order valence-electron chi connectivity index (χ3n) is 4.39. The lowest BCUT2D eigenvalue weighted by molar-refractivity contribution is -0.883. The van der Waals surface area contributed by atoms with Crippen LogP contribution in [0, 0.1) is 5.92 Å². The van der Waals surface area contributed by atoms with E-state index in [0.29, 0.717) is 11.7 Å². The summed E-state index contributed by atoms with van der Waals surface area (Å²) in [6.45, 7) is 5.48. The highest BCUT2D eigenvalue weighted by Crippen LogP contribution is 2.31. The molecule has 2 N–H and O–H groups in total. The molecule has 0 radical (unpaired) electrons. The number of quaternary nitrogens is 1. The molecule has 3 rings (SSSR count). The number of hydrogen-bond acceptors (Lipinski definition) is 6. The molecule has 0 aliphatic carbocycles. The summed E-state index contributed by atoms with van der Waals surface area (Å²) in [4.78, 5) is 32.9. The molecule has 1 aromatic rings. The highest BCUT2D eigenvalue weighted by atomic mass is 16.5. The first-order chi connectivity index (χ1) is 11.6. The fourth-order valence-electron chi connectivity index (χ4n) is 2.99. The van der Waals surface area contributed by atoms with Gasteiger partial charge in [0, 0.05) is 0 Å². The first kappa shape index (κ1) is 16.5. The van der Waals surface area contributed by atoms with Crippen molar-refractivity contribution in [2.24, 2.45) is 10.9 Å². The second-order valence-electron chi connectivity index (χ2n) is 6.08. The van der Waals surface area contributed by atoms with Crippen LogP contribution in [0.1, 0.15) is 18.7 Å². The Hall–Kier alpha value is -2.35. The first-order valence-corrected chi connectivity index (χ1v) is 8.25. The van der Waals surface area contributed by atoms with Gasteiger partial charge in [-0.2, -0.15) is 0 Å². The number of rotatable bonds is 3. The van der Waals surface area contributed by atoms with Crippen LogP contribution in [0.4, 0.5) is 0 Å². The lowest BCUT2D eigenvalue weighted by Gasteiger charge is -2.35. The zero-order valence-electron chi connectivity index (χ0n) is 13.9. The number of furan rings is 1. The lowest BCUT2D eigenvalue weighted by atomic mass is 9.95. The van der Waals surface area contributed by atoms with Crippen LogP contribution in [-0.2, 0) is 14.3 Å². The van der Waals surface area contributed by atoms with Gasteiger partial charge in [-0.3, -0.25) is 14.9 Å². The van der Waals surface area contributed by atoms with Crippen molar-refractivity contribution < 1.29 is 23.6 Å². The van der Waals surface area contributed by atoms with Crippen LogP contribution >= 0.6 is 0 Å². The molecule has 0 aromatic carbocycles. The second kappa shape index (κ2) is 7.04. The minimum absolute atomic E-state index is 0.214. The predicted molar refractivity (Wildman–Crippen MR) is 85.3 cm³/mol. The van der Waals surface area contributed by atoms with Gasteiger partial charge in [0.2, 0.25) is 11.9 Å². The van der Waals surface area contributed by atoms with E-state index in [4.69, 9.17) is 9.15 Å². The van der Waals surface area contributed by atoms with Crippen molar-refractivity contribution in [1.82, 2.24) is 10.2 Å². The molecule has 0 saturated carbocycles. The molecule has 0 unspecified atom stereocenters. The molecule has 3 heterocycles. The number of likely N-dealkylation sites (N-methyl/N-ethyl adjacent to an activating group) is 1. The highest BCUT2D eigenvalue weighted by molar-refractivity contribution is 6.08. The molecule has 8 heteroatoms. The topological polar surface area (TPSA) is 88.6 Å². The minimum Gasteiger partial charge on any atom is -0.467 e. The van der Waals surface area contributed by atoms with Crippen molar-refractivity contribution in [3.8, 4) is 0 Å². The molecule has 1 saturated heterocycles. The van der Waals surface area contributed by atoms with Gasteiger partial charge in [0.05, 0.1) is 46.1 Å². The van der Waals surface area contributed by atoms with Crippen LogP contribution in [0.15, 0.2) is 27.8 Å². The highest BCUT2D eigenvalue weighted by Gasteiger charge is 2.43. The van der Waals surface area contributed by atoms with Crippen LogP contribution in [0.3, 0.4) is 0 Å². The minimum atomic E-state index is -1.03. The number of aliphatic imine (C=N–C) groups is 1. The van der Waals surface area contributed by atoms with Gasteiger partial charge >= 0.3 is 5.97 Å². The molecule has 2 aliphatic rings. The molecule has 1 fully saturated rings. The number of piperazine rings is 1. The number of esters is 1. The smallest absolute Gasteiger partial charge is 0.321 e. The van der Waals surface area contributed by atoms with Crippen LogP contribution in [0.25, 0.3) is 0 Å². The van der Waals surface area contributed by atoms with Gasteiger partial charge in [-0.25, -0.2) is 4.99 Å². The molecule has 2 aliphatic heterocycles. The van der Waals surface area contributed by atoms with Gasteiger partial charge in [0.15, 0.2) is 5.92 Å². The normalized spacial score (nSPS) is 25.2. The Morgan fingerprint density at radius 3 is 2.88 bits per heavy atom. The fraction of sp³-hybridized carbons (Fsp3) is 0.562. The Labute approximate surface area is 140 Å². The first-order valence-electron chi connectivity index (χ1n) is 8.25. The number of nitrogens with zero attached hydrogens (tertiary/aromatic N) is 2. The molecule has 1 aromatic heterocycles. The third kappa shape index (κ3) is 3.28. The maximum atomic E-state index is 12.6. The van der Waals surface area contributed by atoms with E-state index in [0.717, 1.165) is 26.2 Å². The molecule has 2 atom stereocenters. The summed E-state index contributed by atoms with van der Waals surface area (Å²) in [5.41, 5.74) is 0. The number of guanidine groups is 1. The molecule has 24 heavy (non-hydrogen) atoms. The van der Waals surface area contributed by atoms with Gasteiger partial charge in [-0.05, 0) is 19.1 Å². The quantitative estimate of drug-likeness (QED) is 0.536. The van der Waals surface area contributed by atoms with E-state index in [1.54, 1.807) is 19.1 Å². The summed E-state index contributed by atoms with van der Waals surface area (Å²) in [6.07, 6.45) is 1.51. The summed E-state index contributed by atoms with van der Waals surface area (Å²) in [5.74, 6) is -1.01. The standard InChI is InChI=1S/C16H22N4O4/c1-3-23-15(22)12-13(11-5-4-10-24-11)17-16(18-14(12)21)20-8-6-19(2)7-9-20/h4-5,10,12-13H,3,6-9H2,1-2H3,(H,17,18,21)/p+1/t12-,13-/m0/s1. The van der Waals surface area contributed by atoms with E-state index in [1.165, 1.54) is 11.2 Å². The van der Waals surface area contributed by atoms with Crippen molar-refractivity contribution in [2.75, 3.05) is 39.8 Å². The van der Waals surface area contributed by atoms with E-state index >= 15 is 0 Å². The Morgan fingerprint density at radius 1 is 1.50 bits per heavy atom. The zero-order valence-corrected chi connectivity index (χ0v) is 13.9. The fourth-order valence-corrected chi connectivity index (χ4v) is 2.99. The summed E-state index contributed by atoms with van der Waals surface area (Å²) in [5, 5.41) is 2.77. The second-order valence-corrected chi connectivity index (χ2v) is 6.08. The average molecular weight is 335 g/mol. The Kier molecular flexibility index (Phi) is 4.84. The van der Waals surface area contributed by atoms with E-state index in [-0.39, 0.29) is 6.61 Å². The van der Waals surface area contributed by atoms with Crippen LogP contribution in [0.2, 0.25) is 0 Å². The molecule has 1 amide bonds. The van der Waals surface area contributed by atoms with Crippen molar-refractivity contribution >= 4 is 17.8 Å². The number of amides is 1. The Bertz CT molecular complexity index is 620. The number of carbonyl (C=O) groups is 2. The molecule has 130 valence electrons. The van der Waals surface area contributed by atoms with Gasteiger partial charge in [-0.1, -0.05) is 0 Å². The summed E-state index contributed by atoms with van der Waals surface area (Å²) >= 11 is 0. The summed E-state index contributed by atoms with van der Waals surface area (Å²) in [7, 11) is 2.14. The Morgan fingerprint density at radius 2 is 2.25 bits per heavy atom. The van der Waals surface area contributed by atoms with Crippen LogP contribution < -0.4 is 10.2 Å². The van der Waals surface area contributed by atoms with Crippen molar-refractivity contribution in [2.45, 2.75) is 13.0 Å². The maximum Gasteiger partial charge on any atom is 0.321 e. The van der Waals surface area contributed by atoms with Crippen molar-refractivity contribution in [3.05, 3.63) is 24.2 Å². The monoisotopic (exact) mass is 335 g/mol. The molecule has 0 spiro atoms. The zero-order chi connectivity index (χ0) is 17.1. The average Bonchev–Trinajstić information content (AvgIpc) is 3.09. The Balaban J connectivity index is 1.88. The van der Waals surface area contributed by atoms with Gasteiger partial charge in [-0.15, -0.1) is 0 Å². The molecular weight excluding hydrogens is 312 g/mol. The summed E-state index contributed by atoms with van der Waals surface area (Å²) < 4.78 is 10.5. The van der Waals surface area contributed by atoms with E-state index in [9.17, 15) is 9.59 Å². The summed E-state index contributed by atoms with van der Waals surface area (Å²) in [6, 6.07) is 2.75. The maximum absolute atomic E-state index is 12.6. The van der Waals surface area contributed by atoms with Crippen LogP contribution in [-0.4, -0.2) is 62.6 Å². The van der Waals surface area contributed by atoms with Gasteiger partial charge in [0.1, 0.15) is 11.8 Å². The van der Waals surface area contributed by atoms with E-state index in [2.05, 4.69) is 17.4 Å². The molecule has 0 bridgehead atoms. The van der Waals surface area contributed by atoms with Crippen molar-refractivity contribution in [1.29, 1.82) is 0 Å². The van der Waals surface area contributed by atoms with E-state index < -0.39 is 23.8 Å². The number of hydrogen-bond donors (Lipinski definition) is 2. The van der Waals surface area contributed by atoms with Gasteiger partial charge in [0.25, 0.3) is 0 Å². The predicted octanol–water partition coefficient (Wildman–Crippen LogP) is -1.18. The number of ether oxygens (including phenoxy) is 1. The van der Waals surface area contributed by atoms with Crippen LogP contribution in [0.5, 0.6) is 0 Å². The van der Waals surface area contributed by atoms with Crippen molar-refractivity contribution in [3.63, 3.8) is 0 Å². The number of nitrogens with one attached hydrogen (secondary N) is 2. The molecular formula is C16H23N4O4+. The SMILES string of the molecule is CCOC(=O)[C@@H]1C(=O)NC(N2CC[NH+](C)CC2)=N[C@H]1c1ccco1. The van der Waals surface area contributed by atoms with Gasteiger partial charge < -0.3 is 19.0 Å². The largest absolute Gasteiger partial charge is 0.467 e. The number of carbonyl (C=O) groups excluding carboxylic acids is 2. The van der Waals surface area contributed by atoms with E-state index in [1.807, 2.05) is 4.90 Å². The lowest BCUT2D eigenvalue weighted by Crippen LogP contribution is -3.12.